The normalized spacial score (nSPS) is 12.1. The van der Waals surface area contributed by atoms with Crippen LogP contribution in [0.25, 0.3) is 0 Å². The summed E-state index contributed by atoms with van der Waals surface area (Å²) in [5.41, 5.74) is 5.28. The van der Waals surface area contributed by atoms with E-state index < -0.39 is 12.0 Å². The molecule has 0 rings (SSSR count). The fraction of sp³-hybridized carbons (Fsp3) is 0.778. The highest BCUT2D eigenvalue weighted by Crippen LogP contribution is 2.00. The van der Waals surface area contributed by atoms with Crippen molar-refractivity contribution >= 4 is 11.9 Å². The highest BCUT2D eigenvalue weighted by atomic mass is 16.4. The third kappa shape index (κ3) is 5.53. The minimum atomic E-state index is -0.983. The van der Waals surface area contributed by atoms with E-state index in [1.807, 2.05) is 0 Å². The van der Waals surface area contributed by atoms with Crippen LogP contribution in [0.1, 0.15) is 32.6 Å². The standard InChI is InChI=1S/C9H18N2O3/c1-2-8(12)11-7(9(13)14)5-3-4-6-10/h7H,2-6,10H2,1H3,(H,11,12)(H,13,14)/t7-/m1/s1. The number of hydrogen-bond acceptors (Lipinski definition) is 3. The van der Waals surface area contributed by atoms with Crippen LogP contribution >= 0.6 is 0 Å². The molecular formula is C9H18N2O3. The lowest BCUT2D eigenvalue weighted by Gasteiger charge is -2.13. The van der Waals surface area contributed by atoms with Crippen LogP contribution < -0.4 is 11.1 Å². The Morgan fingerprint density at radius 1 is 1.43 bits per heavy atom. The van der Waals surface area contributed by atoms with Crippen LogP contribution in [-0.4, -0.2) is 29.6 Å². The first-order valence-corrected chi connectivity index (χ1v) is 4.84. The number of carbonyl (C=O) groups excluding carboxylic acids is 1. The molecule has 0 aromatic carbocycles. The minimum absolute atomic E-state index is 0.231. The first kappa shape index (κ1) is 12.9. The van der Waals surface area contributed by atoms with Crippen LogP contribution in [0.4, 0.5) is 0 Å². The molecule has 0 fully saturated rings. The van der Waals surface area contributed by atoms with Crippen LogP contribution in [0.15, 0.2) is 0 Å². The summed E-state index contributed by atoms with van der Waals surface area (Å²) < 4.78 is 0. The van der Waals surface area contributed by atoms with Gasteiger partial charge in [-0.15, -0.1) is 0 Å². The van der Waals surface area contributed by atoms with E-state index in [-0.39, 0.29) is 5.91 Å². The van der Waals surface area contributed by atoms with Gasteiger partial charge in [0.2, 0.25) is 5.91 Å². The zero-order valence-corrected chi connectivity index (χ0v) is 8.45. The van der Waals surface area contributed by atoms with Crippen LogP contribution in [0.2, 0.25) is 0 Å². The summed E-state index contributed by atoms with van der Waals surface area (Å²) >= 11 is 0. The third-order valence-electron chi connectivity index (χ3n) is 1.90. The molecule has 5 heteroatoms. The van der Waals surface area contributed by atoms with Crippen molar-refractivity contribution in [3.63, 3.8) is 0 Å². The maximum atomic E-state index is 11.0. The maximum Gasteiger partial charge on any atom is 0.326 e. The predicted molar refractivity (Wildman–Crippen MR) is 52.8 cm³/mol. The van der Waals surface area contributed by atoms with E-state index in [1.165, 1.54) is 0 Å². The van der Waals surface area contributed by atoms with E-state index in [2.05, 4.69) is 5.32 Å². The van der Waals surface area contributed by atoms with Gasteiger partial charge in [0.1, 0.15) is 6.04 Å². The number of nitrogens with one attached hydrogen (secondary N) is 1. The second-order valence-corrected chi connectivity index (χ2v) is 3.10. The zero-order chi connectivity index (χ0) is 11.0. The maximum absolute atomic E-state index is 11.0. The van der Waals surface area contributed by atoms with Crippen LogP contribution in [0.5, 0.6) is 0 Å². The predicted octanol–water partition coefficient (Wildman–Crippen LogP) is 0.0948. The van der Waals surface area contributed by atoms with Crippen molar-refractivity contribution in [1.29, 1.82) is 0 Å². The Labute approximate surface area is 83.7 Å². The fourth-order valence-corrected chi connectivity index (χ4v) is 1.05. The molecule has 0 saturated heterocycles. The molecule has 1 amide bonds. The van der Waals surface area contributed by atoms with Gasteiger partial charge in [-0.1, -0.05) is 6.92 Å². The average Bonchev–Trinajstić information content (AvgIpc) is 2.16. The molecule has 0 heterocycles. The molecular weight excluding hydrogens is 184 g/mol. The Hall–Kier alpha value is -1.10. The number of carboxylic acid groups (broad SMARTS) is 1. The monoisotopic (exact) mass is 202 g/mol. The number of hydrogen-bond donors (Lipinski definition) is 3. The summed E-state index contributed by atoms with van der Waals surface area (Å²) in [6.45, 7) is 2.24. The zero-order valence-electron chi connectivity index (χ0n) is 8.45. The molecule has 0 saturated carbocycles. The van der Waals surface area contributed by atoms with E-state index in [4.69, 9.17) is 10.8 Å². The smallest absolute Gasteiger partial charge is 0.326 e. The van der Waals surface area contributed by atoms with Crippen molar-refractivity contribution < 1.29 is 14.7 Å². The van der Waals surface area contributed by atoms with Gasteiger partial charge in [-0.05, 0) is 25.8 Å². The van der Waals surface area contributed by atoms with Gasteiger partial charge in [-0.2, -0.15) is 0 Å². The van der Waals surface area contributed by atoms with E-state index in [0.29, 0.717) is 19.4 Å². The number of aliphatic carboxylic acids is 1. The van der Waals surface area contributed by atoms with Crippen molar-refractivity contribution in [2.24, 2.45) is 5.73 Å². The summed E-state index contributed by atoms with van der Waals surface area (Å²) in [4.78, 5) is 21.7. The molecule has 0 bridgehead atoms. The van der Waals surface area contributed by atoms with Gasteiger partial charge in [-0.3, -0.25) is 4.79 Å². The highest BCUT2D eigenvalue weighted by Gasteiger charge is 2.17. The molecule has 0 aromatic heterocycles. The Balaban J connectivity index is 3.90. The van der Waals surface area contributed by atoms with Gasteiger partial charge in [0.25, 0.3) is 0 Å². The molecule has 0 aliphatic rings. The third-order valence-corrected chi connectivity index (χ3v) is 1.90. The molecule has 1 atom stereocenters. The molecule has 5 nitrogen and oxygen atoms in total. The Bertz CT molecular complexity index is 194. The number of carbonyl (C=O) groups is 2. The Kier molecular flexibility index (Phi) is 6.74. The SMILES string of the molecule is CCC(=O)N[C@H](CCCCN)C(=O)O. The largest absolute Gasteiger partial charge is 0.480 e. The quantitative estimate of drug-likeness (QED) is 0.510. The molecule has 0 aromatic rings. The van der Waals surface area contributed by atoms with Crippen LogP contribution in [-0.2, 0) is 9.59 Å². The minimum Gasteiger partial charge on any atom is -0.480 e. The lowest BCUT2D eigenvalue weighted by atomic mass is 10.1. The van der Waals surface area contributed by atoms with Gasteiger partial charge >= 0.3 is 5.97 Å². The van der Waals surface area contributed by atoms with Gasteiger partial charge in [0.15, 0.2) is 0 Å². The van der Waals surface area contributed by atoms with Crippen molar-refractivity contribution in [2.45, 2.75) is 38.6 Å². The van der Waals surface area contributed by atoms with Crippen molar-refractivity contribution in [3.8, 4) is 0 Å². The van der Waals surface area contributed by atoms with E-state index in [1.54, 1.807) is 6.92 Å². The molecule has 0 aliphatic carbocycles. The highest BCUT2D eigenvalue weighted by molar-refractivity contribution is 5.83. The molecule has 4 N–H and O–H groups in total. The first-order valence-electron chi connectivity index (χ1n) is 4.84. The number of rotatable bonds is 7. The topological polar surface area (TPSA) is 92.4 Å². The molecule has 0 unspecified atom stereocenters. The van der Waals surface area contributed by atoms with Crippen molar-refractivity contribution in [2.75, 3.05) is 6.54 Å². The van der Waals surface area contributed by atoms with Gasteiger partial charge < -0.3 is 16.2 Å². The lowest BCUT2D eigenvalue weighted by Crippen LogP contribution is -2.40. The van der Waals surface area contributed by atoms with Crippen LogP contribution in [0.3, 0.4) is 0 Å². The van der Waals surface area contributed by atoms with Crippen molar-refractivity contribution in [3.05, 3.63) is 0 Å². The van der Waals surface area contributed by atoms with E-state index >= 15 is 0 Å². The van der Waals surface area contributed by atoms with E-state index in [9.17, 15) is 9.59 Å². The first-order chi connectivity index (χ1) is 6.61. The molecule has 0 spiro atoms. The number of amides is 1. The molecule has 82 valence electrons. The van der Waals surface area contributed by atoms with Gasteiger partial charge in [-0.25, -0.2) is 4.79 Å². The van der Waals surface area contributed by atoms with Crippen LogP contribution in [0, 0.1) is 0 Å². The number of nitrogens with two attached hydrogens (primary N) is 1. The summed E-state index contributed by atoms with van der Waals surface area (Å²) in [5.74, 6) is -1.21. The van der Waals surface area contributed by atoms with E-state index in [0.717, 1.165) is 12.8 Å². The summed E-state index contributed by atoms with van der Waals surface area (Å²) in [5, 5.41) is 11.2. The van der Waals surface area contributed by atoms with Crippen molar-refractivity contribution in [1.82, 2.24) is 5.32 Å². The molecule has 0 aliphatic heterocycles. The summed E-state index contributed by atoms with van der Waals surface area (Å²) in [6, 6.07) is -0.769. The van der Waals surface area contributed by atoms with Gasteiger partial charge in [0, 0.05) is 6.42 Å². The number of unbranched alkanes of at least 4 members (excludes halogenated alkanes) is 1. The Morgan fingerprint density at radius 3 is 2.50 bits per heavy atom. The second-order valence-electron chi connectivity index (χ2n) is 3.10. The Morgan fingerprint density at radius 2 is 2.07 bits per heavy atom. The second kappa shape index (κ2) is 7.32. The summed E-state index contributed by atoms with van der Waals surface area (Å²) in [7, 11) is 0. The summed E-state index contributed by atoms with van der Waals surface area (Å²) in [6.07, 6.45) is 2.25. The average molecular weight is 202 g/mol. The molecule has 14 heavy (non-hydrogen) atoms. The van der Waals surface area contributed by atoms with Gasteiger partial charge in [0.05, 0.1) is 0 Å². The fourth-order valence-electron chi connectivity index (χ4n) is 1.05. The molecule has 0 radical (unpaired) electrons. The number of carboxylic acids is 1. The lowest BCUT2D eigenvalue weighted by molar-refractivity contribution is -0.142.